The van der Waals surface area contributed by atoms with Crippen LogP contribution in [0, 0.1) is 5.92 Å². The molecule has 1 aliphatic rings. The van der Waals surface area contributed by atoms with Crippen LogP contribution in [0.25, 0.3) is 0 Å². The maximum absolute atomic E-state index is 5.41. The first-order valence-corrected chi connectivity index (χ1v) is 7.99. The van der Waals surface area contributed by atoms with Crippen molar-refractivity contribution in [1.29, 1.82) is 0 Å². The topological polar surface area (TPSA) is 0 Å². The van der Waals surface area contributed by atoms with Gasteiger partial charge < -0.3 is 0 Å². The zero-order valence-electron chi connectivity index (χ0n) is 7.10. The van der Waals surface area contributed by atoms with Crippen molar-refractivity contribution in [1.82, 2.24) is 0 Å². The Bertz CT molecular complexity index is 96.7. The molecular weight excluding hydrogens is 160 g/mol. The van der Waals surface area contributed by atoms with Crippen LogP contribution in [-0.2, 0) is 0 Å². The molecule has 0 N–H and O–H groups in total. The third-order valence-electron chi connectivity index (χ3n) is 1.25. The van der Waals surface area contributed by atoms with E-state index in [-0.39, 0.29) is 0 Å². The molecule has 0 nitrogen and oxygen atoms in total. The molecule has 1 unspecified atom stereocenters. The summed E-state index contributed by atoms with van der Waals surface area (Å²) in [5.74, 6) is 0.866. The second kappa shape index (κ2) is 5.99. The van der Waals surface area contributed by atoms with E-state index in [1.54, 1.807) is 0 Å². The van der Waals surface area contributed by atoms with Crippen molar-refractivity contribution >= 4 is 19.2 Å². The Kier molecular flexibility index (Phi) is 6.14. The molecule has 10 heavy (non-hydrogen) atoms. The molecule has 0 bridgehead atoms. The molecule has 0 heterocycles. The van der Waals surface area contributed by atoms with Crippen molar-refractivity contribution in [3.63, 3.8) is 0 Å². The van der Waals surface area contributed by atoms with Gasteiger partial charge in [0.15, 0.2) is 0 Å². The Labute approximate surface area is 70.6 Å². The summed E-state index contributed by atoms with van der Waals surface area (Å²) in [6.07, 6.45) is 7.21. The van der Waals surface area contributed by atoms with Gasteiger partial charge in [0.05, 0.1) is 0 Å². The molecule has 0 radical (unpaired) electrons. The summed E-state index contributed by atoms with van der Waals surface area (Å²) in [5.41, 5.74) is 0. The van der Waals surface area contributed by atoms with Gasteiger partial charge >= 0.3 is 0 Å². The fourth-order valence-corrected chi connectivity index (χ4v) is 0.784. The highest BCUT2D eigenvalue weighted by atomic mass is 35.6. The lowest BCUT2D eigenvalue weighted by molar-refractivity contribution is 0.701. The number of halogens is 1. The van der Waals surface area contributed by atoms with Gasteiger partial charge in [-0.05, 0) is 18.8 Å². The van der Waals surface area contributed by atoms with E-state index in [1.807, 2.05) is 0 Å². The minimum atomic E-state index is -0.667. The molecule has 0 saturated carbocycles. The number of rotatable bonds is 0. The summed E-state index contributed by atoms with van der Waals surface area (Å²) in [5, 5.41) is 0. The van der Waals surface area contributed by atoms with Crippen molar-refractivity contribution in [2.24, 2.45) is 5.92 Å². The van der Waals surface area contributed by atoms with Crippen molar-refractivity contribution in [2.75, 3.05) is 0 Å². The normalized spacial score (nSPS) is 22.7. The van der Waals surface area contributed by atoms with E-state index in [4.69, 9.17) is 11.1 Å². The fourth-order valence-electron chi connectivity index (χ4n) is 0.784. The average Bonchev–Trinajstić information content (AvgIpc) is 2.15. The highest BCUT2D eigenvalue weighted by molar-refractivity contribution is 7.05. The zero-order chi connectivity index (χ0) is 7.98. The van der Waals surface area contributed by atoms with Crippen molar-refractivity contribution in [3.8, 4) is 0 Å². The summed E-state index contributed by atoms with van der Waals surface area (Å²) in [4.78, 5) is 0. The smallest absolute Gasteiger partial charge is 0.134 e. The number of hydrogen-bond acceptors (Lipinski definition) is 0. The molecule has 2 heteroatoms. The minimum absolute atomic E-state index is 0.667. The van der Waals surface area contributed by atoms with Crippen molar-refractivity contribution < 1.29 is 0 Å². The molecule has 0 spiro atoms. The van der Waals surface area contributed by atoms with Gasteiger partial charge in [0.1, 0.15) is 8.11 Å². The Morgan fingerprint density at radius 1 is 1.50 bits per heavy atom. The van der Waals surface area contributed by atoms with Gasteiger partial charge in [0.2, 0.25) is 0 Å². The van der Waals surface area contributed by atoms with E-state index in [0.717, 1.165) is 5.92 Å². The lowest BCUT2D eigenvalue weighted by Crippen LogP contribution is -1.78. The van der Waals surface area contributed by atoms with Crippen LogP contribution in [-0.4, -0.2) is 8.11 Å². The van der Waals surface area contributed by atoms with Gasteiger partial charge in [-0.3, -0.25) is 0 Å². The van der Waals surface area contributed by atoms with E-state index < -0.39 is 8.11 Å². The average molecular weight is 177 g/mol. The van der Waals surface area contributed by atoms with Crippen LogP contribution in [0.5, 0.6) is 0 Å². The Morgan fingerprint density at radius 3 is 2.10 bits per heavy atom. The Hall–Kier alpha value is 0.247. The molecule has 60 valence electrons. The van der Waals surface area contributed by atoms with Gasteiger partial charge in [-0.2, -0.15) is 11.1 Å². The lowest BCUT2D eigenvalue weighted by atomic mass is 10.2. The summed E-state index contributed by atoms with van der Waals surface area (Å²) in [7, 11) is -0.667. The summed E-state index contributed by atoms with van der Waals surface area (Å²) in [6.45, 7) is 6.40. The van der Waals surface area contributed by atoms with E-state index in [9.17, 15) is 0 Å². The monoisotopic (exact) mass is 176 g/mol. The van der Waals surface area contributed by atoms with Crippen LogP contribution in [0.2, 0.25) is 13.1 Å². The second-order valence-electron chi connectivity index (χ2n) is 3.00. The van der Waals surface area contributed by atoms with E-state index in [1.165, 1.54) is 12.8 Å². The molecular formula is C8H17ClSi. The number of allylic oxidation sites excluding steroid dienone is 2. The number of hydrogen-bond donors (Lipinski definition) is 0. The molecule has 0 aromatic carbocycles. The quantitative estimate of drug-likeness (QED) is 0.302. The Morgan fingerprint density at radius 2 is 2.00 bits per heavy atom. The maximum Gasteiger partial charge on any atom is 0.134 e. The standard InChI is InChI=1S/C6H10.C2H7ClSi/c1-6-4-2-3-5-6;1-4(2)3/h2,4,6H,3,5H2,1H3;4H,1-2H3. The highest BCUT2D eigenvalue weighted by Crippen LogP contribution is 2.14. The van der Waals surface area contributed by atoms with Crippen LogP contribution in [0.1, 0.15) is 19.8 Å². The van der Waals surface area contributed by atoms with Gasteiger partial charge in [-0.1, -0.05) is 32.2 Å². The lowest BCUT2D eigenvalue weighted by Gasteiger charge is -1.89. The maximum atomic E-state index is 5.41. The predicted molar refractivity (Wildman–Crippen MR) is 52.3 cm³/mol. The molecule has 1 aliphatic carbocycles. The van der Waals surface area contributed by atoms with Crippen molar-refractivity contribution in [3.05, 3.63) is 12.2 Å². The summed E-state index contributed by atoms with van der Waals surface area (Å²) >= 11 is 5.41. The first-order valence-electron chi connectivity index (χ1n) is 3.93. The van der Waals surface area contributed by atoms with E-state index >= 15 is 0 Å². The van der Waals surface area contributed by atoms with Crippen molar-refractivity contribution in [2.45, 2.75) is 32.9 Å². The molecule has 0 amide bonds. The predicted octanol–water partition coefficient (Wildman–Crippen LogP) is 3.18. The summed E-state index contributed by atoms with van der Waals surface area (Å²) in [6, 6.07) is 0. The highest BCUT2D eigenvalue weighted by Gasteiger charge is 1.98. The largest absolute Gasteiger partial charge is 0.172 e. The van der Waals surface area contributed by atoms with Gasteiger partial charge in [0.25, 0.3) is 0 Å². The molecule has 1 atom stereocenters. The van der Waals surface area contributed by atoms with Gasteiger partial charge in [-0.15, -0.1) is 0 Å². The second-order valence-corrected chi connectivity index (χ2v) is 7.64. The molecule has 0 aromatic rings. The molecule has 0 aromatic heterocycles. The van der Waals surface area contributed by atoms with Crippen LogP contribution < -0.4 is 0 Å². The van der Waals surface area contributed by atoms with Crippen LogP contribution in [0.15, 0.2) is 12.2 Å². The SMILES string of the molecule is CC1C=CCC1.C[SiH](C)Cl. The zero-order valence-corrected chi connectivity index (χ0v) is 9.01. The Balaban J connectivity index is 0.000000180. The fraction of sp³-hybridized carbons (Fsp3) is 0.750. The van der Waals surface area contributed by atoms with Crippen LogP contribution in [0.3, 0.4) is 0 Å². The first kappa shape index (κ1) is 10.2. The molecule has 0 saturated heterocycles. The third-order valence-corrected chi connectivity index (χ3v) is 1.25. The molecule has 1 rings (SSSR count). The first-order chi connectivity index (χ1) is 4.63. The van der Waals surface area contributed by atoms with Gasteiger partial charge in [0, 0.05) is 0 Å². The molecule has 0 fully saturated rings. The third kappa shape index (κ3) is 8.25. The van der Waals surface area contributed by atoms with Crippen LogP contribution >= 0.6 is 11.1 Å². The van der Waals surface area contributed by atoms with E-state index in [0.29, 0.717) is 0 Å². The summed E-state index contributed by atoms with van der Waals surface area (Å²) < 4.78 is 0. The van der Waals surface area contributed by atoms with Crippen LogP contribution in [0.4, 0.5) is 0 Å². The van der Waals surface area contributed by atoms with E-state index in [2.05, 4.69) is 32.2 Å². The van der Waals surface area contributed by atoms with Gasteiger partial charge in [-0.25, -0.2) is 0 Å². The minimum Gasteiger partial charge on any atom is -0.172 e. The molecule has 0 aliphatic heterocycles.